The first kappa shape index (κ1) is 42.1. The molecule has 0 amide bonds. The Morgan fingerprint density at radius 2 is 0.691 bits per heavy atom. The third-order valence-electron chi connectivity index (χ3n) is 12.9. The van der Waals surface area contributed by atoms with E-state index >= 15 is 0 Å². The number of para-hydroxylation sites is 5. The fourth-order valence-electron chi connectivity index (χ4n) is 9.64. The zero-order chi connectivity index (χ0) is 46.0. The average molecular weight is 877 g/mol. The molecule has 1 aromatic heterocycles. The van der Waals surface area contributed by atoms with Crippen LogP contribution in [-0.4, -0.2) is 4.57 Å². The van der Waals surface area contributed by atoms with Crippen LogP contribution in [0.5, 0.6) is 0 Å². The monoisotopic (exact) mass is 876 g/mol. The van der Waals surface area contributed by atoms with Gasteiger partial charge in [-0.25, -0.2) is 0 Å². The minimum Gasteiger partial charge on any atom is -0.310 e. The number of nitrogens with zero attached hydrogens (tertiary/aromatic N) is 4. The third-order valence-corrected chi connectivity index (χ3v) is 12.9. The van der Waals surface area contributed by atoms with Crippen molar-refractivity contribution in [2.24, 2.45) is 0 Å². The van der Waals surface area contributed by atoms with E-state index in [9.17, 15) is 0 Å². The van der Waals surface area contributed by atoms with E-state index in [-0.39, 0.29) is 5.41 Å². The van der Waals surface area contributed by atoms with Gasteiger partial charge in [0.1, 0.15) is 0 Å². The first-order valence-electron chi connectivity index (χ1n) is 23.4. The molecule has 0 atom stereocenters. The lowest BCUT2D eigenvalue weighted by atomic mass is 9.86. The maximum absolute atomic E-state index is 2.42. The van der Waals surface area contributed by atoms with Crippen LogP contribution in [0.1, 0.15) is 26.3 Å². The van der Waals surface area contributed by atoms with Crippen LogP contribution in [0.3, 0.4) is 0 Å². The number of benzene rings is 10. The molecule has 0 saturated carbocycles. The summed E-state index contributed by atoms with van der Waals surface area (Å²) in [7, 11) is 0. The molecule has 0 spiro atoms. The minimum atomic E-state index is 0.0548. The van der Waals surface area contributed by atoms with E-state index < -0.39 is 0 Å². The molecule has 0 radical (unpaired) electrons. The number of anilines is 9. The molecular formula is C64H52N4. The van der Waals surface area contributed by atoms with Crippen molar-refractivity contribution in [3.63, 3.8) is 0 Å². The third kappa shape index (κ3) is 8.07. The van der Waals surface area contributed by atoms with Crippen LogP contribution >= 0.6 is 0 Å². The van der Waals surface area contributed by atoms with Crippen LogP contribution in [0.2, 0.25) is 0 Å². The molecule has 1 heterocycles. The molecule has 0 N–H and O–H groups in total. The fraction of sp³-hybridized carbons (Fsp3) is 0.0625. The van der Waals surface area contributed by atoms with Gasteiger partial charge in [0.25, 0.3) is 0 Å². The quantitative estimate of drug-likeness (QED) is 0.129. The van der Waals surface area contributed by atoms with Gasteiger partial charge in [0, 0.05) is 67.6 Å². The van der Waals surface area contributed by atoms with Crippen molar-refractivity contribution >= 4 is 73.0 Å². The van der Waals surface area contributed by atoms with Gasteiger partial charge in [-0.3, -0.25) is 0 Å². The maximum atomic E-state index is 2.42. The van der Waals surface area contributed by atoms with E-state index in [4.69, 9.17) is 0 Å². The molecule has 68 heavy (non-hydrogen) atoms. The lowest BCUT2D eigenvalue weighted by molar-refractivity contribution is 0.590. The Kier molecular flexibility index (Phi) is 11.1. The Hall–Kier alpha value is -8.60. The van der Waals surface area contributed by atoms with E-state index in [0.717, 1.165) is 62.4 Å². The van der Waals surface area contributed by atoms with Gasteiger partial charge in [-0.1, -0.05) is 160 Å². The lowest BCUT2D eigenvalue weighted by Gasteiger charge is -2.31. The molecule has 0 fully saturated rings. The number of rotatable bonds is 11. The maximum Gasteiger partial charge on any atom is 0.0547 e. The first-order valence-corrected chi connectivity index (χ1v) is 23.4. The van der Waals surface area contributed by atoms with Crippen LogP contribution in [0, 0.1) is 0 Å². The van der Waals surface area contributed by atoms with Crippen molar-refractivity contribution in [3.8, 4) is 16.8 Å². The van der Waals surface area contributed by atoms with Crippen LogP contribution < -0.4 is 14.7 Å². The molecule has 11 aromatic rings. The van der Waals surface area contributed by atoms with Gasteiger partial charge in [-0.05, 0) is 143 Å². The Labute approximate surface area is 399 Å². The summed E-state index contributed by atoms with van der Waals surface area (Å²) in [6, 6.07) is 94.1. The van der Waals surface area contributed by atoms with Gasteiger partial charge in [-0.15, -0.1) is 0 Å². The fourth-order valence-corrected chi connectivity index (χ4v) is 9.64. The van der Waals surface area contributed by atoms with E-state index in [2.05, 4.69) is 301 Å². The van der Waals surface area contributed by atoms with Crippen molar-refractivity contribution in [1.82, 2.24) is 4.57 Å². The van der Waals surface area contributed by atoms with Crippen LogP contribution in [-0.2, 0) is 5.41 Å². The second-order valence-corrected chi connectivity index (χ2v) is 18.3. The summed E-state index contributed by atoms with van der Waals surface area (Å²) in [4.78, 5) is 7.08. The SMILES string of the molecule is CC(C)(C)c1ccc(-c2cccc3c2c2cc(N(c4cccc(N(c5ccccc5)c5ccccc5)c4)c4cccc(N(c5ccccc5)c5ccccc5)c4)ccc2n3-c2ccccc2)cc1. The van der Waals surface area contributed by atoms with Crippen LogP contribution in [0.15, 0.2) is 261 Å². The van der Waals surface area contributed by atoms with Crippen molar-refractivity contribution in [2.45, 2.75) is 26.2 Å². The van der Waals surface area contributed by atoms with Gasteiger partial charge >= 0.3 is 0 Å². The van der Waals surface area contributed by atoms with Crippen molar-refractivity contribution < 1.29 is 0 Å². The molecule has 0 unspecified atom stereocenters. The number of hydrogen-bond donors (Lipinski definition) is 0. The van der Waals surface area contributed by atoms with Gasteiger partial charge in [-0.2, -0.15) is 0 Å². The molecule has 4 nitrogen and oxygen atoms in total. The zero-order valence-electron chi connectivity index (χ0n) is 38.6. The summed E-state index contributed by atoms with van der Waals surface area (Å²) in [5.74, 6) is 0. The molecule has 0 bridgehead atoms. The highest BCUT2D eigenvalue weighted by Gasteiger charge is 2.23. The summed E-state index contributed by atoms with van der Waals surface area (Å²) >= 11 is 0. The largest absolute Gasteiger partial charge is 0.310 e. The molecule has 10 aromatic carbocycles. The van der Waals surface area contributed by atoms with E-state index in [0.29, 0.717) is 0 Å². The predicted molar refractivity (Wildman–Crippen MR) is 289 cm³/mol. The zero-order valence-corrected chi connectivity index (χ0v) is 38.6. The highest BCUT2D eigenvalue weighted by Crippen LogP contribution is 2.46. The molecule has 0 saturated heterocycles. The van der Waals surface area contributed by atoms with E-state index in [1.807, 2.05) is 0 Å². The van der Waals surface area contributed by atoms with Crippen molar-refractivity contribution in [2.75, 3.05) is 14.7 Å². The number of fused-ring (bicyclic) bond motifs is 3. The van der Waals surface area contributed by atoms with Gasteiger partial charge < -0.3 is 19.3 Å². The summed E-state index contributed by atoms with van der Waals surface area (Å²) in [6.45, 7) is 6.82. The lowest BCUT2D eigenvalue weighted by Crippen LogP contribution is -2.14. The second-order valence-electron chi connectivity index (χ2n) is 18.3. The van der Waals surface area contributed by atoms with E-state index in [1.54, 1.807) is 0 Å². The van der Waals surface area contributed by atoms with Crippen molar-refractivity contribution in [1.29, 1.82) is 0 Å². The van der Waals surface area contributed by atoms with Gasteiger partial charge in [0.05, 0.1) is 11.0 Å². The molecule has 0 aliphatic carbocycles. The number of aromatic nitrogens is 1. The summed E-state index contributed by atoms with van der Waals surface area (Å²) in [6.07, 6.45) is 0. The molecule has 4 heteroatoms. The Morgan fingerprint density at radius 1 is 0.309 bits per heavy atom. The smallest absolute Gasteiger partial charge is 0.0547 e. The predicted octanol–water partition coefficient (Wildman–Crippen LogP) is 18.2. The Morgan fingerprint density at radius 3 is 1.13 bits per heavy atom. The topological polar surface area (TPSA) is 14.7 Å². The Balaban J connectivity index is 1.16. The standard InChI is InChI=1S/C64H52N4/c1-64(2,3)48-40-38-47(39-41-48)59-36-21-37-62-63(59)60-46-58(42-43-61(60)68(62)53-30-17-8-18-31-53)67(56-34-19-32-54(44-56)65(49-22-9-4-10-23-49)50-24-11-5-12-25-50)57-35-20-33-55(45-57)66(51-26-13-6-14-27-51)52-28-15-7-16-29-52/h4-46H,1-3H3. The molecule has 0 aliphatic rings. The first-order chi connectivity index (χ1) is 33.4. The highest BCUT2D eigenvalue weighted by molar-refractivity contribution is 6.16. The van der Waals surface area contributed by atoms with E-state index in [1.165, 1.54) is 33.0 Å². The number of hydrogen-bond acceptors (Lipinski definition) is 3. The second kappa shape index (κ2) is 18.0. The van der Waals surface area contributed by atoms with Crippen molar-refractivity contribution in [3.05, 3.63) is 266 Å². The summed E-state index contributed by atoms with van der Waals surface area (Å²) < 4.78 is 2.42. The minimum absolute atomic E-state index is 0.0548. The van der Waals surface area contributed by atoms with Crippen LogP contribution in [0.25, 0.3) is 38.6 Å². The van der Waals surface area contributed by atoms with Gasteiger partial charge in [0.2, 0.25) is 0 Å². The van der Waals surface area contributed by atoms with Crippen LogP contribution in [0.4, 0.5) is 51.2 Å². The summed E-state index contributed by atoms with van der Waals surface area (Å²) in [5, 5.41) is 2.40. The molecular weight excluding hydrogens is 825 g/mol. The molecule has 328 valence electrons. The molecule has 11 rings (SSSR count). The van der Waals surface area contributed by atoms with Gasteiger partial charge in [0.15, 0.2) is 0 Å². The summed E-state index contributed by atoms with van der Waals surface area (Å²) in [5.41, 5.74) is 16.8. The normalized spacial score (nSPS) is 11.5. The molecule has 0 aliphatic heterocycles. The average Bonchev–Trinajstić information content (AvgIpc) is 3.72. The Bertz CT molecular complexity index is 3260. The highest BCUT2D eigenvalue weighted by atomic mass is 15.2.